The lowest BCUT2D eigenvalue weighted by Crippen LogP contribution is -1.91. The molecular formula is C20H14ClN5O. The highest BCUT2D eigenvalue weighted by Crippen LogP contribution is 2.28. The Bertz CT molecular complexity index is 1250. The number of anilines is 2. The average molecular weight is 376 g/mol. The predicted molar refractivity (Wildman–Crippen MR) is 107 cm³/mol. The van der Waals surface area contributed by atoms with Gasteiger partial charge in [0.15, 0.2) is 0 Å². The maximum absolute atomic E-state index is 6.01. The Kier molecular flexibility index (Phi) is 3.69. The largest absolute Gasteiger partial charge is 0.457 e. The first-order valence-electron chi connectivity index (χ1n) is 8.38. The zero-order valence-electron chi connectivity index (χ0n) is 14.0. The molecule has 0 bridgehead atoms. The molecule has 0 amide bonds. The van der Waals surface area contributed by atoms with Crippen LogP contribution in [-0.2, 0) is 0 Å². The van der Waals surface area contributed by atoms with Gasteiger partial charge in [0.1, 0.15) is 22.2 Å². The number of imidazole rings is 1. The highest BCUT2D eigenvalue weighted by Gasteiger charge is 2.10. The summed E-state index contributed by atoms with van der Waals surface area (Å²) in [6.45, 7) is 0. The first-order valence-corrected chi connectivity index (χ1v) is 8.76. The van der Waals surface area contributed by atoms with Gasteiger partial charge < -0.3 is 20.0 Å². The van der Waals surface area contributed by atoms with E-state index in [1.165, 1.54) is 0 Å². The smallest absolute Gasteiger partial charge is 0.205 e. The minimum absolute atomic E-state index is 0.442. The molecule has 0 saturated carbocycles. The normalized spacial score (nSPS) is 11.1. The second-order valence-electron chi connectivity index (χ2n) is 6.04. The van der Waals surface area contributed by atoms with Crippen molar-refractivity contribution in [3.8, 4) is 11.5 Å². The van der Waals surface area contributed by atoms with Crippen molar-refractivity contribution in [1.29, 1.82) is 0 Å². The summed E-state index contributed by atoms with van der Waals surface area (Å²) < 4.78 is 5.87. The van der Waals surface area contributed by atoms with E-state index in [1.54, 1.807) is 6.07 Å². The van der Waals surface area contributed by atoms with Crippen LogP contribution in [0.5, 0.6) is 11.5 Å². The molecular weight excluding hydrogens is 362 g/mol. The number of rotatable bonds is 4. The Labute approximate surface area is 159 Å². The van der Waals surface area contributed by atoms with Gasteiger partial charge >= 0.3 is 0 Å². The van der Waals surface area contributed by atoms with Gasteiger partial charge in [-0.25, -0.2) is 9.97 Å². The number of aromatic amines is 2. The number of para-hydroxylation sites is 1. The van der Waals surface area contributed by atoms with Crippen molar-refractivity contribution in [2.24, 2.45) is 0 Å². The quantitative estimate of drug-likeness (QED) is 0.356. The van der Waals surface area contributed by atoms with E-state index in [0.29, 0.717) is 11.1 Å². The highest BCUT2D eigenvalue weighted by molar-refractivity contribution is 6.29. The molecule has 0 atom stereocenters. The number of fused-ring (bicyclic) bond motifs is 2. The van der Waals surface area contributed by atoms with E-state index in [1.807, 2.05) is 60.8 Å². The van der Waals surface area contributed by atoms with Crippen molar-refractivity contribution in [3.05, 3.63) is 72.0 Å². The molecule has 0 aliphatic heterocycles. The van der Waals surface area contributed by atoms with Crippen molar-refractivity contribution in [2.45, 2.75) is 0 Å². The van der Waals surface area contributed by atoms with E-state index in [4.69, 9.17) is 16.3 Å². The molecule has 3 N–H and O–H groups in total. The SMILES string of the molecule is Clc1ccc2[nH]cc(Nc3nc4cc(Oc5ccccc5)ccc4[nH]3)c2n1. The first kappa shape index (κ1) is 15.7. The lowest BCUT2D eigenvalue weighted by atomic mass is 10.3. The van der Waals surface area contributed by atoms with Crippen molar-refractivity contribution in [3.63, 3.8) is 0 Å². The number of nitrogens with zero attached hydrogens (tertiary/aromatic N) is 2. The molecule has 0 fully saturated rings. The number of aromatic nitrogens is 4. The van der Waals surface area contributed by atoms with Gasteiger partial charge in [0.25, 0.3) is 0 Å². The summed E-state index contributed by atoms with van der Waals surface area (Å²) in [5.41, 5.74) is 4.17. The number of nitrogens with one attached hydrogen (secondary N) is 3. The zero-order valence-corrected chi connectivity index (χ0v) is 14.8. The highest BCUT2D eigenvalue weighted by atomic mass is 35.5. The summed E-state index contributed by atoms with van der Waals surface area (Å²) >= 11 is 6.01. The minimum Gasteiger partial charge on any atom is -0.457 e. The molecule has 7 heteroatoms. The van der Waals surface area contributed by atoms with Crippen LogP contribution >= 0.6 is 11.6 Å². The van der Waals surface area contributed by atoms with Gasteiger partial charge in [0.05, 0.1) is 22.2 Å². The van der Waals surface area contributed by atoms with Gasteiger partial charge in [-0.15, -0.1) is 0 Å². The molecule has 27 heavy (non-hydrogen) atoms. The number of benzene rings is 2. The monoisotopic (exact) mass is 375 g/mol. The van der Waals surface area contributed by atoms with Crippen LogP contribution in [0.25, 0.3) is 22.1 Å². The zero-order chi connectivity index (χ0) is 18.2. The minimum atomic E-state index is 0.442. The molecule has 5 aromatic rings. The van der Waals surface area contributed by atoms with Crippen LogP contribution in [-0.4, -0.2) is 19.9 Å². The molecule has 6 nitrogen and oxygen atoms in total. The van der Waals surface area contributed by atoms with Gasteiger partial charge in [-0.2, -0.15) is 0 Å². The van der Waals surface area contributed by atoms with Crippen LogP contribution in [0.3, 0.4) is 0 Å². The third kappa shape index (κ3) is 3.07. The summed E-state index contributed by atoms with van der Waals surface area (Å²) in [4.78, 5) is 15.4. The Morgan fingerprint density at radius 3 is 2.63 bits per heavy atom. The van der Waals surface area contributed by atoms with Crippen molar-refractivity contribution >= 4 is 45.3 Å². The topological polar surface area (TPSA) is 78.6 Å². The van der Waals surface area contributed by atoms with E-state index in [0.717, 1.165) is 39.3 Å². The van der Waals surface area contributed by atoms with Gasteiger partial charge in [-0.05, 0) is 36.4 Å². The Hall–Kier alpha value is -3.51. The van der Waals surface area contributed by atoms with Crippen molar-refractivity contribution in [2.75, 3.05) is 5.32 Å². The van der Waals surface area contributed by atoms with Gasteiger partial charge in [-0.1, -0.05) is 29.8 Å². The molecule has 0 aliphatic rings. The maximum atomic E-state index is 6.01. The Balaban J connectivity index is 1.45. The number of pyridine rings is 1. The molecule has 5 rings (SSSR count). The van der Waals surface area contributed by atoms with E-state index >= 15 is 0 Å². The van der Waals surface area contributed by atoms with Crippen LogP contribution in [0.15, 0.2) is 66.9 Å². The Morgan fingerprint density at radius 1 is 0.889 bits per heavy atom. The summed E-state index contributed by atoms with van der Waals surface area (Å²) in [7, 11) is 0. The summed E-state index contributed by atoms with van der Waals surface area (Å²) in [6, 6.07) is 19.0. The summed E-state index contributed by atoms with van der Waals surface area (Å²) in [6.07, 6.45) is 1.84. The number of hydrogen-bond acceptors (Lipinski definition) is 4. The van der Waals surface area contributed by atoms with E-state index in [2.05, 4.69) is 25.3 Å². The molecule has 2 aromatic carbocycles. The van der Waals surface area contributed by atoms with Gasteiger partial charge in [0, 0.05) is 12.3 Å². The second-order valence-corrected chi connectivity index (χ2v) is 6.42. The standard InChI is InChI=1S/C20H14ClN5O/c21-18-9-8-15-19(26-18)17(11-22-15)25-20-23-14-7-6-13(10-16(14)24-20)27-12-4-2-1-3-5-12/h1-11,22H,(H2,23,24,25). The second kappa shape index (κ2) is 6.34. The van der Waals surface area contributed by atoms with E-state index in [9.17, 15) is 0 Å². The molecule has 3 heterocycles. The molecule has 0 radical (unpaired) electrons. The Morgan fingerprint density at radius 2 is 1.74 bits per heavy atom. The fourth-order valence-corrected chi connectivity index (χ4v) is 3.08. The summed E-state index contributed by atoms with van der Waals surface area (Å²) in [5, 5.41) is 3.69. The van der Waals surface area contributed by atoms with Crippen LogP contribution in [0.4, 0.5) is 11.6 Å². The van der Waals surface area contributed by atoms with E-state index < -0.39 is 0 Å². The lowest BCUT2D eigenvalue weighted by Gasteiger charge is -2.04. The number of halogens is 1. The van der Waals surface area contributed by atoms with Gasteiger partial charge in [-0.3, -0.25) is 0 Å². The number of ether oxygens (including phenoxy) is 1. The molecule has 3 aromatic heterocycles. The molecule has 0 aliphatic carbocycles. The van der Waals surface area contributed by atoms with Crippen LogP contribution in [0, 0.1) is 0 Å². The molecule has 0 saturated heterocycles. The maximum Gasteiger partial charge on any atom is 0.205 e. The van der Waals surface area contributed by atoms with Crippen LogP contribution in [0.1, 0.15) is 0 Å². The third-order valence-corrected chi connectivity index (χ3v) is 4.39. The third-order valence-electron chi connectivity index (χ3n) is 4.17. The van der Waals surface area contributed by atoms with Crippen LogP contribution in [0.2, 0.25) is 5.15 Å². The molecule has 0 spiro atoms. The average Bonchev–Trinajstić information content (AvgIpc) is 3.26. The van der Waals surface area contributed by atoms with E-state index in [-0.39, 0.29) is 0 Å². The van der Waals surface area contributed by atoms with Crippen molar-refractivity contribution < 1.29 is 4.74 Å². The fourth-order valence-electron chi connectivity index (χ4n) is 2.93. The lowest BCUT2D eigenvalue weighted by molar-refractivity contribution is 0.483. The number of hydrogen-bond donors (Lipinski definition) is 3. The van der Waals surface area contributed by atoms with Crippen molar-refractivity contribution in [1.82, 2.24) is 19.9 Å². The first-order chi connectivity index (χ1) is 13.2. The molecule has 132 valence electrons. The van der Waals surface area contributed by atoms with Gasteiger partial charge in [0.2, 0.25) is 5.95 Å². The number of H-pyrrole nitrogens is 2. The molecule has 0 unspecified atom stereocenters. The van der Waals surface area contributed by atoms with Crippen LogP contribution < -0.4 is 10.1 Å². The predicted octanol–water partition coefficient (Wildman–Crippen LogP) is 5.63. The summed E-state index contributed by atoms with van der Waals surface area (Å²) in [5.74, 6) is 2.13. The fraction of sp³-hybridized carbons (Fsp3) is 0.